The number of methoxy groups -OCH3 is 1. The first-order chi connectivity index (χ1) is 8.31. The van der Waals surface area contributed by atoms with E-state index in [4.69, 9.17) is 4.74 Å². The Morgan fingerprint density at radius 2 is 2.12 bits per heavy atom. The summed E-state index contributed by atoms with van der Waals surface area (Å²) < 4.78 is 5.04. The number of carbonyl (C=O) groups excluding carboxylic acids is 1. The summed E-state index contributed by atoms with van der Waals surface area (Å²) in [6.45, 7) is 0. The maximum atomic E-state index is 11.8. The van der Waals surface area contributed by atoms with Crippen molar-refractivity contribution in [3.63, 3.8) is 0 Å². The highest BCUT2D eigenvalue weighted by Gasteiger charge is 2.09. The normalized spacial score (nSPS) is 9.71. The molecule has 0 radical (unpaired) electrons. The van der Waals surface area contributed by atoms with E-state index in [1.807, 2.05) is 0 Å². The van der Waals surface area contributed by atoms with E-state index >= 15 is 0 Å². The molecule has 2 aromatic heterocycles. The van der Waals surface area contributed by atoms with E-state index in [2.05, 4.69) is 15.3 Å². The summed E-state index contributed by atoms with van der Waals surface area (Å²) in [5.41, 5.74) is 1.02. The third-order valence-corrected chi connectivity index (χ3v) is 2.14. The first-order valence-corrected chi connectivity index (χ1v) is 5.01. The molecule has 0 aliphatic heterocycles. The molecule has 2 heterocycles. The number of hydrogen-bond acceptors (Lipinski definition) is 4. The van der Waals surface area contributed by atoms with E-state index in [1.165, 1.54) is 13.3 Å². The van der Waals surface area contributed by atoms with E-state index in [0.717, 1.165) is 0 Å². The number of amides is 1. The van der Waals surface area contributed by atoms with E-state index in [1.54, 1.807) is 36.7 Å². The molecule has 0 bridgehead atoms. The van der Waals surface area contributed by atoms with Crippen LogP contribution in [0.5, 0.6) is 5.88 Å². The molecule has 0 aliphatic carbocycles. The second kappa shape index (κ2) is 5.07. The van der Waals surface area contributed by atoms with E-state index < -0.39 is 0 Å². The highest BCUT2D eigenvalue weighted by atomic mass is 16.5. The lowest BCUT2D eigenvalue weighted by Gasteiger charge is -2.08. The highest BCUT2D eigenvalue weighted by Crippen LogP contribution is 2.20. The zero-order valence-electron chi connectivity index (χ0n) is 9.25. The molecule has 0 saturated heterocycles. The van der Waals surface area contributed by atoms with Crippen LogP contribution in [0.2, 0.25) is 0 Å². The van der Waals surface area contributed by atoms with Gasteiger partial charge in [-0.25, -0.2) is 4.98 Å². The molecule has 5 nitrogen and oxygen atoms in total. The molecule has 1 amide bonds. The topological polar surface area (TPSA) is 64.1 Å². The van der Waals surface area contributed by atoms with Gasteiger partial charge in [0.25, 0.3) is 5.91 Å². The molecule has 17 heavy (non-hydrogen) atoms. The fourth-order valence-corrected chi connectivity index (χ4v) is 1.34. The fourth-order valence-electron chi connectivity index (χ4n) is 1.34. The van der Waals surface area contributed by atoms with Crippen LogP contribution >= 0.6 is 0 Å². The van der Waals surface area contributed by atoms with Gasteiger partial charge in [0.05, 0.1) is 12.7 Å². The summed E-state index contributed by atoms with van der Waals surface area (Å²) in [5, 5.41) is 2.71. The van der Waals surface area contributed by atoms with Crippen molar-refractivity contribution in [2.45, 2.75) is 0 Å². The molecule has 2 aromatic rings. The van der Waals surface area contributed by atoms with Gasteiger partial charge in [0, 0.05) is 18.6 Å². The predicted octanol–water partition coefficient (Wildman–Crippen LogP) is 1.74. The average Bonchev–Trinajstić information content (AvgIpc) is 2.40. The van der Waals surface area contributed by atoms with Crippen molar-refractivity contribution in [1.29, 1.82) is 0 Å². The van der Waals surface area contributed by atoms with Crippen molar-refractivity contribution < 1.29 is 9.53 Å². The minimum absolute atomic E-state index is 0.246. The Hall–Kier alpha value is -2.43. The Morgan fingerprint density at radius 1 is 1.29 bits per heavy atom. The second-order valence-electron chi connectivity index (χ2n) is 3.26. The predicted molar refractivity (Wildman–Crippen MR) is 63.0 cm³/mol. The second-order valence-corrected chi connectivity index (χ2v) is 3.26. The molecule has 0 atom stereocenters. The van der Waals surface area contributed by atoms with Crippen molar-refractivity contribution in [1.82, 2.24) is 9.97 Å². The zero-order chi connectivity index (χ0) is 12.1. The first-order valence-electron chi connectivity index (χ1n) is 5.01. The van der Waals surface area contributed by atoms with Gasteiger partial charge < -0.3 is 10.1 Å². The average molecular weight is 229 g/mol. The molecule has 0 aliphatic rings. The van der Waals surface area contributed by atoms with Gasteiger partial charge in [-0.3, -0.25) is 9.78 Å². The number of nitrogens with zero attached hydrogens (tertiary/aromatic N) is 2. The molecular weight excluding hydrogens is 218 g/mol. The summed E-state index contributed by atoms with van der Waals surface area (Å²) >= 11 is 0. The summed E-state index contributed by atoms with van der Waals surface area (Å²) in [5.74, 6) is 0.133. The molecule has 5 heteroatoms. The van der Waals surface area contributed by atoms with Crippen LogP contribution in [0.1, 0.15) is 10.4 Å². The number of anilines is 1. The van der Waals surface area contributed by atoms with Crippen LogP contribution in [0.15, 0.2) is 42.9 Å². The molecule has 0 aromatic carbocycles. The Kier molecular flexibility index (Phi) is 3.30. The molecular formula is C12H11N3O2. The van der Waals surface area contributed by atoms with Crippen LogP contribution in [0.4, 0.5) is 5.69 Å². The van der Waals surface area contributed by atoms with Crippen LogP contribution in [0, 0.1) is 0 Å². The summed E-state index contributed by atoms with van der Waals surface area (Å²) in [6, 6.07) is 6.84. The fraction of sp³-hybridized carbons (Fsp3) is 0.0833. The van der Waals surface area contributed by atoms with Crippen LogP contribution in [-0.4, -0.2) is 23.0 Å². The summed E-state index contributed by atoms with van der Waals surface area (Å²) in [6.07, 6.45) is 4.71. The number of pyridine rings is 2. The van der Waals surface area contributed by atoms with E-state index in [9.17, 15) is 4.79 Å². The Bertz CT molecular complexity index is 514. The maximum Gasteiger partial charge on any atom is 0.257 e. The summed E-state index contributed by atoms with van der Waals surface area (Å²) in [7, 11) is 1.50. The standard InChI is InChI=1S/C12H11N3O2/c1-17-12-10(5-3-7-14-12)15-11(16)9-4-2-6-13-8-9/h2-8H,1H3,(H,15,16). The van der Waals surface area contributed by atoms with Crippen molar-refractivity contribution in [2.24, 2.45) is 0 Å². The highest BCUT2D eigenvalue weighted by molar-refractivity contribution is 6.04. The lowest BCUT2D eigenvalue weighted by molar-refractivity contribution is 0.102. The third kappa shape index (κ3) is 2.57. The van der Waals surface area contributed by atoms with Gasteiger partial charge in [-0.1, -0.05) is 0 Å². The number of aromatic nitrogens is 2. The molecule has 1 N–H and O–H groups in total. The Labute approximate surface area is 98.5 Å². The minimum atomic E-state index is -0.246. The number of hydrogen-bond donors (Lipinski definition) is 1. The van der Waals surface area contributed by atoms with Gasteiger partial charge in [-0.15, -0.1) is 0 Å². The van der Waals surface area contributed by atoms with Gasteiger partial charge in [0.2, 0.25) is 5.88 Å². The Morgan fingerprint density at radius 3 is 2.82 bits per heavy atom. The van der Waals surface area contributed by atoms with Crippen molar-refractivity contribution in [2.75, 3.05) is 12.4 Å². The van der Waals surface area contributed by atoms with Crippen LogP contribution in [-0.2, 0) is 0 Å². The van der Waals surface area contributed by atoms with Gasteiger partial charge in [-0.2, -0.15) is 0 Å². The lowest BCUT2D eigenvalue weighted by atomic mass is 10.2. The SMILES string of the molecule is COc1ncccc1NC(=O)c1cccnc1. The van der Waals surface area contributed by atoms with E-state index in [-0.39, 0.29) is 5.91 Å². The number of carbonyl (C=O) groups is 1. The number of ether oxygens (including phenoxy) is 1. The molecule has 0 saturated carbocycles. The third-order valence-electron chi connectivity index (χ3n) is 2.14. The van der Waals surface area contributed by atoms with Crippen LogP contribution < -0.4 is 10.1 Å². The van der Waals surface area contributed by atoms with E-state index in [0.29, 0.717) is 17.1 Å². The van der Waals surface area contributed by atoms with Gasteiger partial charge in [0.1, 0.15) is 5.69 Å². The molecule has 2 rings (SSSR count). The quantitative estimate of drug-likeness (QED) is 0.870. The molecule has 0 unspecified atom stereocenters. The Balaban J connectivity index is 2.19. The number of rotatable bonds is 3. The monoisotopic (exact) mass is 229 g/mol. The van der Waals surface area contributed by atoms with Gasteiger partial charge >= 0.3 is 0 Å². The first kappa shape index (κ1) is 11.1. The number of nitrogens with one attached hydrogen (secondary N) is 1. The van der Waals surface area contributed by atoms with Crippen molar-refractivity contribution in [3.8, 4) is 5.88 Å². The smallest absolute Gasteiger partial charge is 0.257 e. The maximum absolute atomic E-state index is 11.8. The summed E-state index contributed by atoms with van der Waals surface area (Å²) in [4.78, 5) is 19.7. The van der Waals surface area contributed by atoms with Crippen molar-refractivity contribution >= 4 is 11.6 Å². The zero-order valence-corrected chi connectivity index (χ0v) is 9.25. The lowest BCUT2D eigenvalue weighted by Crippen LogP contribution is -2.13. The van der Waals surface area contributed by atoms with Gasteiger partial charge in [0.15, 0.2) is 0 Å². The molecule has 86 valence electrons. The van der Waals surface area contributed by atoms with Crippen molar-refractivity contribution in [3.05, 3.63) is 48.4 Å². The van der Waals surface area contributed by atoms with Gasteiger partial charge in [-0.05, 0) is 24.3 Å². The largest absolute Gasteiger partial charge is 0.480 e. The van der Waals surface area contributed by atoms with Crippen LogP contribution in [0.3, 0.4) is 0 Å². The molecule has 0 fully saturated rings. The minimum Gasteiger partial charge on any atom is -0.480 e. The van der Waals surface area contributed by atoms with Crippen LogP contribution in [0.25, 0.3) is 0 Å². The molecule has 0 spiro atoms.